The van der Waals surface area contributed by atoms with Gasteiger partial charge >= 0.3 is 0 Å². The standard InChI is InChI=1S/C26H31N5O2S/c1-19(2)31(26(33)23-6-4-17-34-23)18-25(32)30-14-5-13-29(15-16-30)24-12-11-22(27-28-24)21-9-7-20(3)8-10-21/h4,6-12,17,19H,5,13-16,18H2,1-3H3. The average molecular weight is 478 g/mol. The summed E-state index contributed by atoms with van der Waals surface area (Å²) in [7, 11) is 0. The van der Waals surface area contributed by atoms with Crippen molar-refractivity contribution in [3.05, 3.63) is 64.4 Å². The van der Waals surface area contributed by atoms with E-state index in [0.717, 1.165) is 30.0 Å². The third-order valence-corrected chi connectivity index (χ3v) is 6.95. The lowest BCUT2D eigenvalue weighted by atomic mass is 10.1. The molecular formula is C26H31N5O2S. The first-order valence-corrected chi connectivity index (χ1v) is 12.6. The highest BCUT2D eigenvalue weighted by atomic mass is 32.1. The van der Waals surface area contributed by atoms with E-state index >= 15 is 0 Å². The molecule has 0 unspecified atom stereocenters. The Morgan fingerprint density at radius 3 is 2.44 bits per heavy atom. The monoisotopic (exact) mass is 477 g/mol. The molecule has 0 saturated carbocycles. The van der Waals surface area contributed by atoms with Gasteiger partial charge in [0, 0.05) is 37.8 Å². The maximum Gasteiger partial charge on any atom is 0.264 e. The minimum Gasteiger partial charge on any atom is -0.353 e. The van der Waals surface area contributed by atoms with Crippen molar-refractivity contribution in [1.82, 2.24) is 20.0 Å². The van der Waals surface area contributed by atoms with Crippen LogP contribution < -0.4 is 4.90 Å². The largest absolute Gasteiger partial charge is 0.353 e. The second-order valence-corrected chi connectivity index (χ2v) is 9.82. The van der Waals surface area contributed by atoms with E-state index < -0.39 is 0 Å². The Hall–Kier alpha value is -3.26. The number of hydrogen-bond acceptors (Lipinski definition) is 6. The second-order valence-electron chi connectivity index (χ2n) is 8.87. The van der Waals surface area contributed by atoms with E-state index in [2.05, 4.69) is 46.3 Å². The molecule has 0 N–H and O–H groups in total. The molecule has 3 aromatic rings. The third-order valence-electron chi connectivity index (χ3n) is 6.09. The first-order chi connectivity index (χ1) is 16.4. The highest BCUT2D eigenvalue weighted by Crippen LogP contribution is 2.20. The van der Waals surface area contributed by atoms with Gasteiger partial charge in [-0.05, 0) is 50.8 Å². The van der Waals surface area contributed by atoms with E-state index in [9.17, 15) is 9.59 Å². The normalized spacial score (nSPS) is 14.2. The summed E-state index contributed by atoms with van der Waals surface area (Å²) < 4.78 is 0. The maximum absolute atomic E-state index is 13.1. The molecule has 0 radical (unpaired) electrons. The molecule has 178 valence electrons. The smallest absolute Gasteiger partial charge is 0.264 e. The van der Waals surface area contributed by atoms with Crippen molar-refractivity contribution in [2.24, 2.45) is 0 Å². The minimum absolute atomic E-state index is 0.0127. The zero-order valence-electron chi connectivity index (χ0n) is 20.0. The van der Waals surface area contributed by atoms with Crippen molar-refractivity contribution >= 4 is 29.0 Å². The van der Waals surface area contributed by atoms with Gasteiger partial charge in [0.25, 0.3) is 5.91 Å². The fraction of sp³-hybridized carbons (Fsp3) is 0.385. The highest BCUT2D eigenvalue weighted by Gasteiger charge is 2.26. The van der Waals surface area contributed by atoms with Gasteiger partial charge < -0.3 is 14.7 Å². The van der Waals surface area contributed by atoms with Crippen LogP contribution in [0.1, 0.15) is 35.5 Å². The Balaban J connectivity index is 1.37. The van der Waals surface area contributed by atoms with Crippen LogP contribution >= 0.6 is 11.3 Å². The lowest BCUT2D eigenvalue weighted by Crippen LogP contribution is -2.46. The fourth-order valence-electron chi connectivity index (χ4n) is 4.04. The lowest BCUT2D eigenvalue weighted by molar-refractivity contribution is -0.132. The number of aromatic nitrogens is 2. The number of amides is 2. The van der Waals surface area contributed by atoms with Crippen LogP contribution in [0.25, 0.3) is 11.3 Å². The summed E-state index contributed by atoms with van der Waals surface area (Å²) in [6, 6.07) is 15.9. The van der Waals surface area contributed by atoms with Crippen LogP contribution in [-0.2, 0) is 4.79 Å². The molecule has 7 nitrogen and oxygen atoms in total. The summed E-state index contributed by atoms with van der Waals surface area (Å²) >= 11 is 1.41. The number of carbonyl (C=O) groups excluding carboxylic acids is 2. The van der Waals surface area contributed by atoms with E-state index in [1.54, 1.807) is 4.90 Å². The molecule has 1 fully saturated rings. The number of carbonyl (C=O) groups is 2. The predicted octanol–water partition coefficient (Wildman–Crippen LogP) is 4.10. The number of nitrogens with zero attached hydrogens (tertiary/aromatic N) is 5. The molecule has 1 aliphatic rings. The van der Waals surface area contributed by atoms with Gasteiger partial charge in [0.05, 0.1) is 10.6 Å². The molecule has 0 aliphatic carbocycles. The fourth-order valence-corrected chi connectivity index (χ4v) is 4.72. The quantitative estimate of drug-likeness (QED) is 0.535. The van der Waals surface area contributed by atoms with E-state index in [1.165, 1.54) is 16.9 Å². The van der Waals surface area contributed by atoms with Crippen LogP contribution in [0.3, 0.4) is 0 Å². The Morgan fingerprint density at radius 2 is 1.79 bits per heavy atom. The van der Waals surface area contributed by atoms with Gasteiger partial charge in [-0.15, -0.1) is 21.5 Å². The number of benzene rings is 1. The average Bonchev–Trinajstić information content (AvgIpc) is 3.27. The van der Waals surface area contributed by atoms with Crippen molar-refractivity contribution in [3.63, 3.8) is 0 Å². The van der Waals surface area contributed by atoms with Crippen LogP contribution in [0.15, 0.2) is 53.9 Å². The molecule has 2 amide bonds. The van der Waals surface area contributed by atoms with Crippen molar-refractivity contribution in [2.75, 3.05) is 37.6 Å². The molecular weight excluding hydrogens is 446 g/mol. The van der Waals surface area contributed by atoms with Gasteiger partial charge in [0.2, 0.25) is 5.91 Å². The summed E-state index contributed by atoms with van der Waals surface area (Å²) in [5.74, 6) is 0.724. The zero-order valence-corrected chi connectivity index (χ0v) is 20.8. The van der Waals surface area contributed by atoms with E-state index in [4.69, 9.17) is 0 Å². The molecule has 2 aromatic heterocycles. The van der Waals surface area contributed by atoms with Crippen LogP contribution in [0.5, 0.6) is 0 Å². The molecule has 0 spiro atoms. The first kappa shape index (κ1) is 23.9. The topological polar surface area (TPSA) is 69.6 Å². The number of thiophene rings is 1. The van der Waals surface area contributed by atoms with Crippen molar-refractivity contribution in [2.45, 2.75) is 33.2 Å². The van der Waals surface area contributed by atoms with Crippen molar-refractivity contribution < 1.29 is 9.59 Å². The van der Waals surface area contributed by atoms with Crippen molar-refractivity contribution in [1.29, 1.82) is 0 Å². The lowest BCUT2D eigenvalue weighted by Gasteiger charge is -2.29. The van der Waals surface area contributed by atoms with Gasteiger partial charge in [-0.1, -0.05) is 35.9 Å². The van der Waals surface area contributed by atoms with Crippen LogP contribution in [0.4, 0.5) is 5.82 Å². The Morgan fingerprint density at radius 1 is 1.00 bits per heavy atom. The third kappa shape index (κ3) is 5.62. The first-order valence-electron chi connectivity index (χ1n) is 11.7. The van der Waals surface area contributed by atoms with Crippen LogP contribution in [0, 0.1) is 6.92 Å². The molecule has 0 atom stereocenters. The molecule has 1 aliphatic heterocycles. The Labute approximate surface area is 205 Å². The molecule has 1 saturated heterocycles. The molecule has 0 bridgehead atoms. The predicted molar refractivity (Wildman–Crippen MR) is 136 cm³/mol. The molecule has 34 heavy (non-hydrogen) atoms. The van der Waals surface area contributed by atoms with Crippen LogP contribution in [-0.4, -0.2) is 70.6 Å². The summed E-state index contributed by atoms with van der Waals surface area (Å²) in [6.45, 7) is 8.81. The summed E-state index contributed by atoms with van der Waals surface area (Å²) in [6.07, 6.45) is 0.841. The summed E-state index contributed by atoms with van der Waals surface area (Å²) in [4.78, 5) is 32.3. The molecule has 3 heterocycles. The second kappa shape index (κ2) is 10.8. The molecule has 1 aromatic carbocycles. The van der Waals surface area contributed by atoms with Gasteiger partial charge in [-0.25, -0.2) is 0 Å². The number of rotatable bonds is 6. The summed E-state index contributed by atoms with van der Waals surface area (Å²) in [5, 5.41) is 10.8. The Bertz CT molecular complexity index is 1100. The van der Waals surface area contributed by atoms with E-state index in [0.29, 0.717) is 24.5 Å². The van der Waals surface area contributed by atoms with Gasteiger partial charge in [-0.3, -0.25) is 9.59 Å². The van der Waals surface area contributed by atoms with Crippen molar-refractivity contribution in [3.8, 4) is 11.3 Å². The van der Waals surface area contributed by atoms with Gasteiger partial charge in [0.15, 0.2) is 5.82 Å². The highest BCUT2D eigenvalue weighted by molar-refractivity contribution is 7.12. The molecule has 4 rings (SSSR count). The SMILES string of the molecule is Cc1ccc(-c2ccc(N3CCCN(C(=O)CN(C(=O)c4cccs4)C(C)C)CC3)nn2)cc1. The van der Waals surface area contributed by atoms with Crippen LogP contribution in [0.2, 0.25) is 0 Å². The maximum atomic E-state index is 13.1. The van der Waals surface area contributed by atoms with E-state index in [-0.39, 0.29) is 24.4 Å². The number of anilines is 1. The number of hydrogen-bond donors (Lipinski definition) is 0. The Kier molecular flexibility index (Phi) is 7.57. The van der Waals surface area contributed by atoms with E-state index in [1.807, 2.05) is 48.4 Å². The summed E-state index contributed by atoms with van der Waals surface area (Å²) in [5.41, 5.74) is 3.10. The zero-order chi connectivity index (χ0) is 24.1. The van der Waals surface area contributed by atoms with Gasteiger partial charge in [0.1, 0.15) is 6.54 Å². The van der Waals surface area contributed by atoms with Gasteiger partial charge in [-0.2, -0.15) is 0 Å². The minimum atomic E-state index is -0.0845. The molecule has 8 heteroatoms. The number of aryl methyl sites for hydroxylation is 1.